The summed E-state index contributed by atoms with van der Waals surface area (Å²) in [5.74, 6) is -2.58. The van der Waals surface area contributed by atoms with Gasteiger partial charge in [0.1, 0.15) is 11.6 Å². The topological polar surface area (TPSA) is 108 Å². The Hall–Kier alpha value is -2.93. The maximum atomic E-state index is 13.9. The second kappa shape index (κ2) is 12.3. The number of fused-ring (bicyclic) bond motifs is 1. The van der Waals surface area contributed by atoms with Crippen LogP contribution >= 0.6 is 0 Å². The Bertz CT molecular complexity index is 1130. The fourth-order valence-corrected chi connectivity index (χ4v) is 5.00. The molecule has 0 radical (unpaired) electrons. The van der Waals surface area contributed by atoms with E-state index >= 15 is 0 Å². The maximum Gasteiger partial charge on any atom is 0.336 e. The number of primary amides is 1. The Labute approximate surface area is 226 Å². The van der Waals surface area contributed by atoms with E-state index in [9.17, 15) is 14.4 Å². The first-order valence-corrected chi connectivity index (χ1v) is 13.7. The van der Waals surface area contributed by atoms with Crippen molar-refractivity contribution >= 4 is 28.6 Å². The summed E-state index contributed by atoms with van der Waals surface area (Å²) in [5, 5.41) is 4.97. The molecule has 0 heterocycles. The van der Waals surface area contributed by atoms with Gasteiger partial charge in [0, 0.05) is 0 Å². The van der Waals surface area contributed by atoms with E-state index in [0.717, 1.165) is 48.4 Å². The summed E-state index contributed by atoms with van der Waals surface area (Å²) in [6, 6.07) is 13.1. The Morgan fingerprint density at radius 2 is 1.58 bits per heavy atom. The minimum absolute atomic E-state index is 0.136. The highest BCUT2D eigenvalue weighted by Gasteiger charge is 2.42. The number of nitrogens with one attached hydrogen (secondary N) is 1. The van der Waals surface area contributed by atoms with Gasteiger partial charge in [-0.2, -0.15) is 0 Å². The number of amides is 2. The molecule has 3 atom stereocenters. The van der Waals surface area contributed by atoms with Crippen LogP contribution in [0.5, 0.6) is 0 Å². The van der Waals surface area contributed by atoms with E-state index < -0.39 is 46.9 Å². The smallest absolute Gasteiger partial charge is 0.336 e. The number of benzene rings is 2. The fraction of sp³-hybridized carbons (Fsp3) is 0.581. The third-order valence-corrected chi connectivity index (χ3v) is 6.94. The summed E-state index contributed by atoms with van der Waals surface area (Å²) < 4.78 is 12.2. The number of carbonyl (C=O) groups excluding carboxylic acids is 3. The summed E-state index contributed by atoms with van der Waals surface area (Å²) in [7, 11) is 0. The highest BCUT2D eigenvalue weighted by molar-refractivity contribution is 5.92. The molecule has 2 aromatic rings. The van der Waals surface area contributed by atoms with E-state index in [1.54, 1.807) is 20.8 Å². The molecule has 0 saturated heterocycles. The Kier molecular flexibility index (Phi) is 9.58. The predicted molar refractivity (Wildman–Crippen MR) is 149 cm³/mol. The van der Waals surface area contributed by atoms with Crippen LogP contribution in [-0.2, 0) is 30.3 Å². The fourth-order valence-electron chi connectivity index (χ4n) is 5.00. The summed E-state index contributed by atoms with van der Waals surface area (Å²) in [5.41, 5.74) is 5.20. The second-order valence-electron chi connectivity index (χ2n) is 12.6. The zero-order valence-corrected chi connectivity index (χ0v) is 23.7. The Balaban J connectivity index is 2.01. The lowest BCUT2D eigenvalue weighted by Gasteiger charge is -2.35. The molecule has 1 saturated carbocycles. The highest BCUT2D eigenvalue weighted by Crippen LogP contribution is 2.29. The van der Waals surface area contributed by atoms with Crippen molar-refractivity contribution in [1.82, 2.24) is 5.32 Å². The molecule has 1 aliphatic carbocycles. The average Bonchev–Trinajstić information content (AvgIpc) is 2.83. The molecule has 7 nitrogen and oxygen atoms in total. The number of carbonyl (C=O) groups is 3. The lowest BCUT2D eigenvalue weighted by atomic mass is 9.85. The van der Waals surface area contributed by atoms with Crippen LogP contribution < -0.4 is 11.1 Å². The van der Waals surface area contributed by atoms with E-state index in [1.165, 1.54) is 0 Å². The Morgan fingerprint density at radius 1 is 0.947 bits per heavy atom. The first kappa shape index (κ1) is 29.6. The molecule has 3 rings (SSSR count). The van der Waals surface area contributed by atoms with Gasteiger partial charge < -0.3 is 20.5 Å². The number of nitrogens with two attached hydrogens (primary N) is 1. The molecule has 38 heavy (non-hydrogen) atoms. The molecule has 0 aliphatic heterocycles. The summed E-state index contributed by atoms with van der Waals surface area (Å²) in [6.07, 6.45) is 3.79. The molecule has 0 spiro atoms. The van der Waals surface area contributed by atoms with Crippen molar-refractivity contribution in [3.05, 3.63) is 48.0 Å². The van der Waals surface area contributed by atoms with Crippen LogP contribution in [0.3, 0.4) is 0 Å². The molecule has 0 aromatic heterocycles. The molecule has 0 bridgehead atoms. The zero-order chi connectivity index (χ0) is 28.1. The average molecular weight is 525 g/mol. The molecule has 2 amide bonds. The van der Waals surface area contributed by atoms with E-state index in [4.69, 9.17) is 15.2 Å². The summed E-state index contributed by atoms with van der Waals surface area (Å²) >= 11 is 0. The van der Waals surface area contributed by atoms with Gasteiger partial charge in [0.05, 0.1) is 12.0 Å². The number of esters is 1. The minimum atomic E-state index is -1.13. The first-order chi connectivity index (χ1) is 17.7. The van der Waals surface area contributed by atoms with Crippen LogP contribution in [0.15, 0.2) is 42.5 Å². The SMILES string of the molecule is CC(C)(C)OC(=O)C(OC1CCCCC1)C(Cc1ccc2ccccc2c1)C(=O)NC(C(N)=O)C(C)(C)C. The highest BCUT2D eigenvalue weighted by atomic mass is 16.6. The minimum Gasteiger partial charge on any atom is -0.458 e. The van der Waals surface area contributed by atoms with Gasteiger partial charge in [-0.1, -0.05) is 82.5 Å². The van der Waals surface area contributed by atoms with Crippen LogP contribution in [0.4, 0.5) is 0 Å². The van der Waals surface area contributed by atoms with E-state index in [-0.39, 0.29) is 12.5 Å². The number of hydrogen-bond acceptors (Lipinski definition) is 5. The quantitative estimate of drug-likeness (QED) is 0.445. The van der Waals surface area contributed by atoms with Gasteiger partial charge in [0.15, 0.2) is 6.10 Å². The Morgan fingerprint density at radius 3 is 2.16 bits per heavy atom. The van der Waals surface area contributed by atoms with E-state index in [0.29, 0.717) is 0 Å². The molecular formula is C31H44N2O5. The van der Waals surface area contributed by atoms with Gasteiger partial charge in [-0.05, 0) is 61.8 Å². The van der Waals surface area contributed by atoms with Crippen LogP contribution in [0.1, 0.15) is 79.2 Å². The predicted octanol–water partition coefficient (Wildman–Crippen LogP) is 5.07. The van der Waals surface area contributed by atoms with Crippen molar-refractivity contribution in [2.45, 2.75) is 104 Å². The molecule has 7 heteroatoms. The van der Waals surface area contributed by atoms with Crippen LogP contribution in [0.25, 0.3) is 10.8 Å². The van der Waals surface area contributed by atoms with Gasteiger partial charge in [0.25, 0.3) is 0 Å². The molecule has 3 unspecified atom stereocenters. The van der Waals surface area contributed by atoms with Gasteiger partial charge in [-0.15, -0.1) is 0 Å². The first-order valence-electron chi connectivity index (χ1n) is 13.7. The zero-order valence-electron chi connectivity index (χ0n) is 23.7. The summed E-state index contributed by atoms with van der Waals surface area (Å²) in [6.45, 7) is 10.9. The van der Waals surface area contributed by atoms with Crippen molar-refractivity contribution < 1.29 is 23.9 Å². The molecule has 1 aliphatic rings. The van der Waals surface area contributed by atoms with Gasteiger partial charge in [-0.25, -0.2) is 4.79 Å². The van der Waals surface area contributed by atoms with E-state index in [2.05, 4.69) is 5.32 Å². The van der Waals surface area contributed by atoms with Crippen LogP contribution in [-0.4, -0.2) is 41.6 Å². The lowest BCUT2D eigenvalue weighted by Crippen LogP contribution is -2.56. The van der Waals surface area contributed by atoms with Gasteiger partial charge in [0.2, 0.25) is 11.8 Å². The normalized spacial score (nSPS) is 17.4. The van der Waals surface area contributed by atoms with Gasteiger partial charge >= 0.3 is 5.97 Å². The van der Waals surface area contributed by atoms with Crippen molar-refractivity contribution in [2.24, 2.45) is 17.1 Å². The number of ether oxygens (including phenoxy) is 2. The van der Waals surface area contributed by atoms with E-state index in [1.807, 2.05) is 63.2 Å². The second-order valence-corrected chi connectivity index (χ2v) is 12.6. The largest absolute Gasteiger partial charge is 0.458 e. The molecule has 2 aromatic carbocycles. The monoisotopic (exact) mass is 524 g/mol. The van der Waals surface area contributed by atoms with Crippen molar-refractivity contribution in [3.8, 4) is 0 Å². The standard InChI is InChI=1S/C31H44N2O5/c1-30(2,3)26(27(32)34)33-28(35)24(19-20-16-17-21-12-10-11-13-22(21)18-20)25(29(36)38-31(4,5)6)37-23-14-8-7-9-15-23/h10-13,16-18,23-26H,7-9,14-15,19H2,1-6H3,(H2,32,34)(H,33,35). The van der Waals surface area contributed by atoms with Crippen molar-refractivity contribution in [1.29, 1.82) is 0 Å². The maximum absolute atomic E-state index is 13.9. The van der Waals surface area contributed by atoms with Crippen LogP contribution in [0, 0.1) is 11.3 Å². The molecule has 3 N–H and O–H groups in total. The van der Waals surface area contributed by atoms with Crippen molar-refractivity contribution in [2.75, 3.05) is 0 Å². The number of rotatable bonds is 9. The molecule has 1 fully saturated rings. The third kappa shape index (κ3) is 8.29. The lowest BCUT2D eigenvalue weighted by molar-refractivity contribution is -0.180. The summed E-state index contributed by atoms with van der Waals surface area (Å²) in [4.78, 5) is 39.8. The molecule has 208 valence electrons. The van der Waals surface area contributed by atoms with Crippen molar-refractivity contribution in [3.63, 3.8) is 0 Å². The number of hydrogen-bond donors (Lipinski definition) is 2. The molecular weight excluding hydrogens is 480 g/mol. The van der Waals surface area contributed by atoms with Crippen LogP contribution in [0.2, 0.25) is 0 Å². The third-order valence-electron chi connectivity index (χ3n) is 6.94. The van der Waals surface area contributed by atoms with Gasteiger partial charge in [-0.3, -0.25) is 9.59 Å².